The SMILES string of the molecule is OC(Cc1ccc(I)cc1)c1ccc(I)c(Cl)c1. The molecule has 0 aliphatic carbocycles. The molecule has 1 nitrogen and oxygen atoms in total. The van der Waals surface area contributed by atoms with Gasteiger partial charge < -0.3 is 5.11 Å². The van der Waals surface area contributed by atoms with Gasteiger partial charge in [-0.1, -0.05) is 29.8 Å². The minimum atomic E-state index is -0.514. The van der Waals surface area contributed by atoms with E-state index >= 15 is 0 Å². The van der Waals surface area contributed by atoms with Gasteiger partial charge in [0.05, 0.1) is 11.1 Å². The van der Waals surface area contributed by atoms with Crippen LogP contribution in [0.25, 0.3) is 0 Å². The molecule has 0 fully saturated rings. The van der Waals surface area contributed by atoms with Crippen LogP contribution < -0.4 is 0 Å². The highest BCUT2D eigenvalue weighted by atomic mass is 127. The van der Waals surface area contributed by atoms with Gasteiger partial charge in [0.2, 0.25) is 0 Å². The molecule has 1 N–H and O–H groups in total. The molecule has 4 heteroatoms. The molecule has 2 aromatic rings. The van der Waals surface area contributed by atoms with Crippen LogP contribution in [0.4, 0.5) is 0 Å². The largest absolute Gasteiger partial charge is 0.388 e. The van der Waals surface area contributed by atoms with Gasteiger partial charge >= 0.3 is 0 Å². The molecule has 0 aliphatic heterocycles. The number of halogens is 3. The van der Waals surface area contributed by atoms with E-state index in [0.29, 0.717) is 11.4 Å². The fourth-order valence-corrected chi connectivity index (χ4v) is 2.57. The Morgan fingerprint density at radius 2 is 1.72 bits per heavy atom. The average molecular weight is 485 g/mol. The summed E-state index contributed by atoms with van der Waals surface area (Å²) in [7, 11) is 0. The molecule has 0 saturated heterocycles. The van der Waals surface area contributed by atoms with E-state index < -0.39 is 6.10 Å². The second-order valence-corrected chi connectivity index (χ2v) is 6.83. The summed E-state index contributed by atoms with van der Waals surface area (Å²) in [5.41, 5.74) is 1.98. The lowest BCUT2D eigenvalue weighted by Crippen LogP contribution is -2.02. The van der Waals surface area contributed by atoms with Crippen LogP contribution in [0.5, 0.6) is 0 Å². The lowest BCUT2D eigenvalue weighted by Gasteiger charge is -2.12. The molecule has 94 valence electrons. The first-order valence-corrected chi connectivity index (χ1v) is 7.97. The number of hydrogen-bond acceptors (Lipinski definition) is 1. The molecule has 1 atom stereocenters. The first kappa shape index (κ1) is 14.6. The molecule has 2 rings (SSSR count). The fraction of sp³-hybridized carbons (Fsp3) is 0.143. The topological polar surface area (TPSA) is 20.2 Å². The second-order valence-electron chi connectivity index (χ2n) is 4.02. The summed E-state index contributed by atoms with van der Waals surface area (Å²) < 4.78 is 2.20. The normalized spacial score (nSPS) is 12.4. The van der Waals surface area contributed by atoms with E-state index in [9.17, 15) is 5.11 Å². The van der Waals surface area contributed by atoms with E-state index in [-0.39, 0.29) is 0 Å². The lowest BCUT2D eigenvalue weighted by molar-refractivity contribution is 0.178. The van der Waals surface area contributed by atoms with Crippen molar-refractivity contribution in [3.8, 4) is 0 Å². The lowest BCUT2D eigenvalue weighted by atomic mass is 10.0. The van der Waals surface area contributed by atoms with E-state index in [2.05, 4.69) is 45.2 Å². The fourth-order valence-electron chi connectivity index (χ4n) is 1.68. The number of benzene rings is 2. The second kappa shape index (κ2) is 6.54. The molecular formula is C14H11ClI2O. The Hall–Kier alpha value is 0.150. The maximum Gasteiger partial charge on any atom is 0.0830 e. The molecule has 2 aromatic carbocycles. The summed E-state index contributed by atoms with van der Waals surface area (Å²) >= 11 is 10.5. The van der Waals surface area contributed by atoms with Gasteiger partial charge in [-0.15, -0.1) is 0 Å². The molecule has 0 amide bonds. The van der Waals surface area contributed by atoms with Crippen LogP contribution in [0.3, 0.4) is 0 Å². The molecule has 0 heterocycles. The van der Waals surface area contributed by atoms with E-state index in [1.54, 1.807) is 0 Å². The summed E-state index contributed by atoms with van der Waals surface area (Å²) in [6.45, 7) is 0. The van der Waals surface area contributed by atoms with Crippen LogP contribution in [-0.4, -0.2) is 5.11 Å². The van der Waals surface area contributed by atoms with Crippen LogP contribution in [0.15, 0.2) is 42.5 Å². The van der Waals surface area contributed by atoms with Gasteiger partial charge in [-0.2, -0.15) is 0 Å². The van der Waals surface area contributed by atoms with Crippen molar-refractivity contribution in [3.63, 3.8) is 0 Å². The minimum Gasteiger partial charge on any atom is -0.388 e. The van der Waals surface area contributed by atoms with Crippen molar-refractivity contribution in [1.29, 1.82) is 0 Å². The molecule has 0 aromatic heterocycles. The van der Waals surface area contributed by atoms with E-state index in [0.717, 1.165) is 14.7 Å². The Morgan fingerprint density at radius 1 is 1.06 bits per heavy atom. The Kier molecular flexibility index (Phi) is 5.29. The maximum absolute atomic E-state index is 10.2. The zero-order chi connectivity index (χ0) is 13.1. The minimum absolute atomic E-state index is 0.514. The highest BCUT2D eigenvalue weighted by molar-refractivity contribution is 14.1. The van der Waals surface area contributed by atoms with Gasteiger partial charge in [0, 0.05) is 13.6 Å². The van der Waals surface area contributed by atoms with Gasteiger partial charge in [0.15, 0.2) is 0 Å². The van der Waals surface area contributed by atoms with Crippen molar-refractivity contribution in [2.45, 2.75) is 12.5 Å². The monoisotopic (exact) mass is 484 g/mol. The number of rotatable bonds is 3. The van der Waals surface area contributed by atoms with E-state index in [4.69, 9.17) is 11.6 Å². The van der Waals surface area contributed by atoms with Crippen molar-refractivity contribution in [3.05, 3.63) is 65.8 Å². The molecule has 0 radical (unpaired) electrons. The Morgan fingerprint density at radius 3 is 2.33 bits per heavy atom. The molecular weight excluding hydrogens is 473 g/mol. The summed E-state index contributed by atoms with van der Waals surface area (Å²) in [6.07, 6.45) is 0.0907. The van der Waals surface area contributed by atoms with Crippen molar-refractivity contribution < 1.29 is 5.11 Å². The van der Waals surface area contributed by atoms with E-state index in [1.165, 1.54) is 3.57 Å². The van der Waals surface area contributed by atoms with Gasteiger partial charge in [0.25, 0.3) is 0 Å². The first-order valence-electron chi connectivity index (χ1n) is 5.44. The third-order valence-electron chi connectivity index (χ3n) is 2.67. The zero-order valence-electron chi connectivity index (χ0n) is 9.41. The molecule has 0 saturated carbocycles. The first-order chi connectivity index (χ1) is 8.56. The number of hydrogen-bond donors (Lipinski definition) is 1. The Balaban J connectivity index is 2.13. The van der Waals surface area contributed by atoms with Crippen molar-refractivity contribution in [1.82, 2.24) is 0 Å². The standard InChI is InChI=1S/C14H11ClI2O/c15-12-8-10(3-6-13(12)17)14(18)7-9-1-4-11(16)5-2-9/h1-6,8,14,18H,7H2. The number of aliphatic hydroxyl groups excluding tert-OH is 1. The molecule has 18 heavy (non-hydrogen) atoms. The third kappa shape index (κ3) is 3.82. The van der Waals surface area contributed by atoms with Crippen molar-refractivity contribution in [2.75, 3.05) is 0 Å². The van der Waals surface area contributed by atoms with E-state index in [1.807, 2.05) is 42.5 Å². The maximum atomic E-state index is 10.2. The van der Waals surface area contributed by atoms with Gasteiger partial charge in [-0.25, -0.2) is 0 Å². The van der Waals surface area contributed by atoms with Crippen molar-refractivity contribution in [2.24, 2.45) is 0 Å². The summed E-state index contributed by atoms with van der Waals surface area (Å²) in [5, 5.41) is 10.9. The molecule has 0 bridgehead atoms. The third-order valence-corrected chi connectivity index (χ3v) is 4.96. The van der Waals surface area contributed by atoms with Crippen LogP contribution in [0.1, 0.15) is 17.2 Å². The smallest absolute Gasteiger partial charge is 0.0830 e. The van der Waals surface area contributed by atoms with Crippen LogP contribution in [-0.2, 0) is 6.42 Å². The number of aliphatic hydroxyl groups is 1. The molecule has 0 spiro atoms. The summed E-state index contributed by atoms with van der Waals surface area (Å²) in [6, 6.07) is 13.9. The van der Waals surface area contributed by atoms with Crippen LogP contribution in [0, 0.1) is 7.14 Å². The highest BCUT2D eigenvalue weighted by Gasteiger charge is 2.10. The van der Waals surface area contributed by atoms with Crippen LogP contribution >= 0.6 is 56.8 Å². The zero-order valence-corrected chi connectivity index (χ0v) is 14.5. The average Bonchev–Trinajstić information content (AvgIpc) is 2.35. The predicted octanol–water partition coefficient (Wildman–Crippen LogP) is 4.83. The van der Waals surface area contributed by atoms with Crippen LogP contribution in [0.2, 0.25) is 5.02 Å². The van der Waals surface area contributed by atoms with Gasteiger partial charge in [-0.05, 0) is 80.6 Å². The molecule has 1 unspecified atom stereocenters. The van der Waals surface area contributed by atoms with Crippen molar-refractivity contribution >= 4 is 56.8 Å². The molecule has 0 aliphatic rings. The highest BCUT2D eigenvalue weighted by Crippen LogP contribution is 2.25. The quantitative estimate of drug-likeness (QED) is 0.620. The summed E-state index contributed by atoms with van der Waals surface area (Å²) in [5.74, 6) is 0. The van der Waals surface area contributed by atoms with Gasteiger partial charge in [0.1, 0.15) is 0 Å². The van der Waals surface area contributed by atoms with Gasteiger partial charge in [-0.3, -0.25) is 0 Å². The summed E-state index contributed by atoms with van der Waals surface area (Å²) in [4.78, 5) is 0. The Bertz CT molecular complexity index is 540. The predicted molar refractivity (Wildman–Crippen MR) is 92.0 cm³/mol. The Labute approximate surface area is 139 Å².